The van der Waals surface area contributed by atoms with E-state index in [4.69, 9.17) is 9.26 Å². The Hall–Kier alpha value is -3.22. The Balaban J connectivity index is 1.57. The number of halogens is 1. The van der Waals surface area contributed by atoms with Crippen molar-refractivity contribution in [1.29, 1.82) is 0 Å². The fraction of sp³-hybridized carbons (Fsp3) is 0.211. The summed E-state index contributed by atoms with van der Waals surface area (Å²) in [6, 6.07) is 13.2. The van der Waals surface area contributed by atoms with Gasteiger partial charge < -0.3 is 14.2 Å². The second-order valence-corrected chi connectivity index (χ2v) is 6.04. The predicted octanol–water partition coefficient (Wildman–Crippen LogP) is 3.40. The molecule has 2 aromatic carbocycles. The first-order chi connectivity index (χ1) is 12.7. The molecule has 1 fully saturated rings. The molecule has 6 nitrogen and oxygen atoms in total. The van der Waals surface area contributed by atoms with Crippen molar-refractivity contribution >= 4 is 11.6 Å². The van der Waals surface area contributed by atoms with Crippen LogP contribution in [0.2, 0.25) is 0 Å². The summed E-state index contributed by atoms with van der Waals surface area (Å²) < 4.78 is 23.7. The molecular formula is C19H16FN3O3. The van der Waals surface area contributed by atoms with Gasteiger partial charge in [0.2, 0.25) is 5.91 Å². The fourth-order valence-electron chi connectivity index (χ4n) is 3.08. The minimum Gasteiger partial charge on any atom is -0.495 e. The van der Waals surface area contributed by atoms with Crippen molar-refractivity contribution in [2.24, 2.45) is 0 Å². The van der Waals surface area contributed by atoms with Gasteiger partial charge in [0.15, 0.2) is 5.82 Å². The van der Waals surface area contributed by atoms with Gasteiger partial charge in [-0.3, -0.25) is 4.79 Å². The van der Waals surface area contributed by atoms with Crippen LogP contribution in [0.4, 0.5) is 10.1 Å². The number of aromatic nitrogens is 2. The molecule has 1 amide bonds. The fourth-order valence-corrected chi connectivity index (χ4v) is 3.08. The second kappa shape index (κ2) is 6.59. The summed E-state index contributed by atoms with van der Waals surface area (Å²) in [4.78, 5) is 18.5. The number of benzene rings is 2. The number of amides is 1. The number of carbonyl (C=O) groups excluding carboxylic acids is 1. The third-order valence-corrected chi connectivity index (χ3v) is 4.40. The highest BCUT2D eigenvalue weighted by molar-refractivity contribution is 5.97. The van der Waals surface area contributed by atoms with Crippen LogP contribution in [0.25, 0.3) is 11.5 Å². The highest BCUT2D eigenvalue weighted by atomic mass is 19.1. The van der Waals surface area contributed by atoms with Gasteiger partial charge in [0, 0.05) is 24.4 Å². The lowest BCUT2D eigenvalue weighted by Gasteiger charge is -2.18. The van der Waals surface area contributed by atoms with E-state index in [-0.39, 0.29) is 17.6 Å². The molecule has 0 bridgehead atoms. The molecule has 1 aliphatic heterocycles. The van der Waals surface area contributed by atoms with Crippen LogP contribution in [0.15, 0.2) is 53.1 Å². The standard InChI is InChI=1S/C19H16FN3O3/c1-25-16-5-3-2-4-15(16)23-11-13(10-17(23)24)18-21-19(26-22-18)12-6-8-14(20)9-7-12/h2-9,13H,10-11H2,1H3. The van der Waals surface area contributed by atoms with E-state index in [9.17, 15) is 9.18 Å². The predicted molar refractivity (Wildman–Crippen MR) is 92.4 cm³/mol. The molecule has 4 rings (SSSR count). The van der Waals surface area contributed by atoms with Crippen LogP contribution in [0.1, 0.15) is 18.2 Å². The van der Waals surface area contributed by atoms with Crippen molar-refractivity contribution in [3.63, 3.8) is 0 Å². The Bertz CT molecular complexity index is 939. The number of rotatable bonds is 4. The Morgan fingerprint density at radius 2 is 1.96 bits per heavy atom. The van der Waals surface area contributed by atoms with E-state index >= 15 is 0 Å². The maximum absolute atomic E-state index is 13.0. The molecular weight excluding hydrogens is 337 g/mol. The summed E-state index contributed by atoms with van der Waals surface area (Å²) in [6.45, 7) is 0.446. The van der Waals surface area contributed by atoms with Crippen molar-refractivity contribution in [3.05, 3.63) is 60.2 Å². The van der Waals surface area contributed by atoms with Crippen molar-refractivity contribution in [3.8, 4) is 17.2 Å². The van der Waals surface area contributed by atoms with E-state index in [0.717, 1.165) is 5.69 Å². The topological polar surface area (TPSA) is 68.5 Å². The molecule has 1 saturated heterocycles. The minimum absolute atomic E-state index is 0.0207. The lowest BCUT2D eigenvalue weighted by molar-refractivity contribution is -0.117. The number of ether oxygens (including phenoxy) is 1. The maximum Gasteiger partial charge on any atom is 0.257 e. The quantitative estimate of drug-likeness (QED) is 0.719. The molecule has 0 saturated carbocycles. The number of methoxy groups -OCH3 is 1. The number of anilines is 1. The van der Waals surface area contributed by atoms with Crippen molar-refractivity contribution in [1.82, 2.24) is 10.1 Å². The van der Waals surface area contributed by atoms with Crippen LogP contribution in [-0.2, 0) is 4.79 Å². The zero-order valence-corrected chi connectivity index (χ0v) is 14.1. The molecule has 2 heterocycles. The summed E-state index contributed by atoms with van der Waals surface area (Å²) in [5.74, 6) is 0.889. The van der Waals surface area contributed by atoms with Crippen molar-refractivity contribution in [2.45, 2.75) is 12.3 Å². The van der Waals surface area contributed by atoms with Crippen molar-refractivity contribution < 1.29 is 18.4 Å². The molecule has 132 valence electrons. The SMILES string of the molecule is COc1ccccc1N1CC(c2noc(-c3ccc(F)cc3)n2)CC1=O. The molecule has 3 aromatic rings. The summed E-state index contributed by atoms with van der Waals surface area (Å²) in [6.07, 6.45) is 0.292. The van der Waals surface area contributed by atoms with Crippen LogP contribution in [0.3, 0.4) is 0 Å². The molecule has 26 heavy (non-hydrogen) atoms. The number of carbonyl (C=O) groups is 1. The van der Waals surface area contributed by atoms with E-state index in [1.807, 2.05) is 24.3 Å². The molecule has 1 aliphatic rings. The summed E-state index contributed by atoms with van der Waals surface area (Å²) in [5.41, 5.74) is 1.36. The van der Waals surface area contributed by atoms with E-state index in [1.54, 1.807) is 24.1 Å². The normalized spacial score (nSPS) is 16.9. The lowest BCUT2D eigenvalue weighted by Crippen LogP contribution is -2.24. The number of para-hydroxylation sites is 2. The molecule has 1 aromatic heterocycles. The number of hydrogen-bond donors (Lipinski definition) is 0. The average Bonchev–Trinajstić information content (AvgIpc) is 3.29. The Labute approximate surface area is 149 Å². The molecule has 0 spiro atoms. The Morgan fingerprint density at radius 1 is 1.19 bits per heavy atom. The van der Waals surface area contributed by atoms with E-state index in [2.05, 4.69) is 10.1 Å². The van der Waals surface area contributed by atoms with E-state index in [0.29, 0.717) is 36.0 Å². The molecule has 0 radical (unpaired) electrons. The highest BCUT2D eigenvalue weighted by Gasteiger charge is 2.35. The summed E-state index contributed by atoms with van der Waals surface area (Å²) in [5, 5.41) is 4.01. The molecule has 1 unspecified atom stereocenters. The highest BCUT2D eigenvalue weighted by Crippen LogP contribution is 2.36. The van der Waals surface area contributed by atoms with Gasteiger partial charge in [-0.15, -0.1) is 0 Å². The van der Waals surface area contributed by atoms with Crippen LogP contribution in [0.5, 0.6) is 5.75 Å². The molecule has 0 N–H and O–H groups in total. The molecule has 0 aliphatic carbocycles. The summed E-state index contributed by atoms with van der Waals surface area (Å²) in [7, 11) is 1.57. The Morgan fingerprint density at radius 3 is 2.73 bits per heavy atom. The van der Waals surface area contributed by atoms with Crippen LogP contribution in [-0.4, -0.2) is 29.7 Å². The lowest BCUT2D eigenvalue weighted by atomic mass is 10.1. The average molecular weight is 353 g/mol. The van der Waals surface area contributed by atoms with Crippen molar-refractivity contribution in [2.75, 3.05) is 18.6 Å². The van der Waals surface area contributed by atoms with Gasteiger partial charge in [0.05, 0.1) is 12.8 Å². The zero-order valence-electron chi connectivity index (χ0n) is 14.1. The van der Waals surface area contributed by atoms with Gasteiger partial charge in [0.1, 0.15) is 11.6 Å². The first-order valence-electron chi connectivity index (χ1n) is 8.18. The van der Waals surface area contributed by atoms with Gasteiger partial charge in [-0.1, -0.05) is 17.3 Å². The minimum atomic E-state index is -0.331. The van der Waals surface area contributed by atoms with E-state index < -0.39 is 0 Å². The number of nitrogens with zero attached hydrogens (tertiary/aromatic N) is 3. The first-order valence-corrected chi connectivity index (χ1v) is 8.18. The van der Waals surface area contributed by atoms with E-state index in [1.165, 1.54) is 12.1 Å². The third kappa shape index (κ3) is 2.92. The molecule has 1 atom stereocenters. The smallest absolute Gasteiger partial charge is 0.257 e. The zero-order chi connectivity index (χ0) is 18.1. The molecule has 7 heteroatoms. The van der Waals surface area contributed by atoms with Gasteiger partial charge in [-0.05, 0) is 36.4 Å². The second-order valence-electron chi connectivity index (χ2n) is 6.04. The third-order valence-electron chi connectivity index (χ3n) is 4.40. The van der Waals surface area contributed by atoms with Gasteiger partial charge in [-0.25, -0.2) is 4.39 Å². The first kappa shape index (κ1) is 16.3. The number of hydrogen-bond acceptors (Lipinski definition) is 5. The van der Waals surface area contributed by atoms with Crippen LogP contribution in [0, 0.1) is 5.82 Å². The van der Waals surface area contributed by atoms with Gasteiger partial charge in [-0.2, -0.15) is 4.98 Å². The van der Waals surface area contributed by atoms with Crippen LogP contribution >= 0.6 is 0 Å². The Kier molecular flexibility index (Phi) is 4.12. The largest absolute Gasteiger partial charge is 0.495 e. The van der Waals surface area contributed by atoms with Crippen LogP contribution < -0.4 is 9.64 Å². The maximum atomic E-state index is 13.0. The van der Waals surface area contributed by atoms with Gasteiger partial charge >= 0.3 is 0 Å². The monoisotopic (exact) mass is 353 g/mol. The summed E-state index contributed by atoms with van der Waals surface area (Å²) >= 11 is 0. The van der Waals surface area contributed by atoms with Gasteiger partial charge in [0.25, 0.3) is 5.89 Å².